The van der Waals surface area contributed by atoms with Crippen molar-refractivity contribution in [1.29, 1.82) is 0 Å². The summed E-state index contributed by atoms with van der Waals surface area (Å²) >= 11 is 3.47. The van der Waals surface area contributed by atoms with Crippen LogP contribution >= 0.6 is 15.9 Å². The Kier molecular flexibility index (Phi) is 6.29. The second-order valence-electron chi connectivity index (χ2n) is 4.60. The van der Waals surface area contributed by atoms with Gasteiger partial charge in [0, 0.05) is 36.6 Å². The lowest BCUT2D eigenvalue weighted by molar-refractivity contribution is 0.601. The van der Waals surface area contributed by atoms with Crippen molar-refractivity contribution in [2.24, 2.45) is 0 Å². The highest BCUT2D eigenvalue weighted by molar-refractivity contribution is 9.10. The van der Waals surface area contributed by atoms with Crippen LogP contribution in [0.4, 0.5) is 5.69 Å². The highest BCUT2D eigenvalue weighted by Crippen LogP contribution is 2.23. The fourth-order valence-electron chi connectivity index (χ4n) is 1.75. The molecule has 1 N–H and O–H groups in total. The van der Waals surface area contributed by atoms with Crippen LogP contribution in [0, 0.1) is 0 Å². The van der Waals surface area contributed by atoms with E-state index in [0.29, 0.717) is 6.54 Å². The van der Waals surface area contributed by atoms with E-state index in [4.69, 9.17) is 0 Å². The zero-order valence-electron chi connectivity index (χ0n) is 11.6. The maximum atomic E-state index is 11.2. The number of anilines is 1. The fraction of sp³-hybridized carbons (Fsp3) is 0.538. The zero-order valence-corrected chi connectivity index (χ0v) is 14.0. The first-order chi connectivity index (χ1) is 8.83. The monoisotopic (exact) mass is 348 g/mol. The summed E-state index contributed by atoms with van der Waals surface area (Å²) in [5.74, 6) is 0.167. The van der Waals surface area contributed by atoms with Gasteiger partial charge in [0.2, 0.25) is 0 Å². The largest absolute Gasteiger partial charge is 0.373 e. The topological polar surface area (TPSA) is 49.4 Å². The van der Waals surface area contributed by atoms with E-state index in [9.17, 15) is 8.42 Å². The van der Waals surface area contributed by atoms with Gasteiger partial charge < -0.3 is 10.2 Å². The Morgan fingerprint density at radius 1 is 1.37 bits per heavy atom. The Labute approximate surface area is 124 Å². The predicted molar refractivity (Wildman–Crippen MR) is 84.5 cm³/mol. The molecule has 0 aliphatic carbocycles. The molecule has 1 aromatic rings. The Bertz CT molecular complexity index is 517. The van der Waals surface area contributed by atoms with Crippen LogP contribution in [0.15, 0.2) is 22.7 Å². The lowest BCUT2D eigenvalue weighted by Crippen LogP contribution is -2.26. The van der Waals surface area contributed by atoms with Gasteiger partial charge in [-0.1, -0.05) is 22.9 Å². The first kappa shape index (κ1) is 16.5. The molecule has 19 heavy (non-hydrogen) atoms. The van der Waals surface area contributed by atoms with Gasteiger partial charge >= 0.3 is 0 Å². The molecule has 0 saturated carbocycles. The molecule has 108 valence electrons. The minimum atomic E-state index is -2.93. The zero-order chi connectivity index (χ0) is 14.5. The third-order valence-corrected chi connectivity index (χ3v) is 4.23. The number of halogens is 1. The van der Waals surface area contributed by atoms with E-state index in [2.05, 4.69) is 34.2 Å². The summed E-state index contributed by atoms with van der Waals surface area (Å²) < 4.78 is 23.5. The average Bonchev–Trinajstić information content (AvgIpc) is 2.32. The number of sulfone groups is 1. The number of rotatable bonds is 7. The molecule has 0 aromatic heterocycles. The Morgan fingerprint density at radius 3 is 2.63 bits per heavy atom. The Hall–Kier alpha value is -0.590. The van der Waals surface area contributed by atoms with Crippen molar-refractivity contribution in [3.05, 3.63) is 28.2 Å². The molecule has 1 rings (SSSR count). The van der Waals surface area contributed by atoms with Gasteiger partial charge in [0.1, 0.15) is 9.84 Å². The molecule has 0 radical (unpaired) electrons. The van der Waals surface area contributed by atoms with Crippen molar-refractivity contribution in [2.75, 3.05) is 37.0 Å². The molecule has 0 fully saturated rings. The van der Waals surface area contributed by atoms with E-state index in [1.807, 2.05) is 24.1 Å². The minimum absolute atomic E-state index is 0.167. The average molecular weight is 349 g/mol. The van der Waals surface area contributed by atoms with Gasteiger partial charge in [-0.25, -0.2) is 8.42 Å². The van der Waals surface area contributed by atoms with Gasteiger partial charge in [-0.05, 0) is 30.3 Å². The van der Waals surface area contributed by atoms with Crippen LogP contribution < -0.4 is 10.2 Å². The van der Waals surface area contributed by atoms with E-state index in [1.165, 1.54) is 6.26 Å². The molecule has 0 atom stereocenters. The van der Waals surface area contributed by atoms with Crippen LogP contribution in [0.3, 0.4) is 0 Å². The van der Waals surface area contributed by atoms with Crippen LogP contribution in [0.2, 0.25) is 0 Å². The normalized spacial score (nSPS) is 11.6. The van der Waals surface area contributed by atoms with E-state index in [1.54, 1.807) is 0 Å². The van der Waals surface area contributed by atoms with Crippen LogP contribution in [0.5, 0.6) is 0 Å². The summed E-state index contributed by atoms with van der Waals surface area (Å²) in [6, 6.07) is 6.05. The highest BCUT2D eigenvalue weighted by Gasteiger charge is 2.10. The van der Waals surface area contributed by atoms with Gasteiger partial charge in [0.25, 0.3) is 0 Å². The Morgan fingerprint density at radius 2 is 2.05 bits per heavy atom. The van der Waals surface area contributed by atoms with E-state index < -0.39 is 9.84 Å². The molecule has 4 nitrogen and oxygen atoms in total. The SMILES string of the molecule is CCNCc1cc(Br)ccc1N(C)CCS(C)(=O)=O. The van der Waals surface area contributed by atoms with Crippen molar-refractivity contribution >= 4 is 31.5 Å². The number of hydrogen-bond donors (Lipinski definition) is 1. The summed E-state index contributed by atoms with van der Waals surface area (Å²) in [6.45, 7) is 4.23. The lowest BCUT2D eigenvalue weighted by atomic mass is 10.1. The molecular weight excluding hydrogens is 328 g/mol. The molecular formula is C13H21BrN2O2S. The molecule has 6 heteroatoms. The van der Waals surface area contributed by atoms with Crippen molar-refractivity contribution < 1.29 is 8.42 Å². The summed E-state index contributed by atoms with van der Waals surface area (Å²) in [4.78, 5) is 1.99. The maximum absolute atomic E-state index is 11.2. The molecule has 0 aliphatic rings. The highest BCUT2D eigenvalue weighted by atomic mass is 79.9. The van der Waals surface area contributed by atoms with E-state index in [-0.39, 0.29) is 5.75 Å². The summed E-state index contributed by atoms with van der Waals surface area (Å²) in [7, 11) is -1.01. The lowest BCUT2D eigenvalue weighted by Gasteiger charge is -2.22. The third-order valence-electron chi connectivity index (χ3n) is 2.82. The summed E-state index contributed by atoms with van der Waals surface area (Å²) in [5.41, 5.74) is 2.22. The second-order valence-corrected chi connectivity index (χ2v) is 7.78. The van der Waals surface area contributed by atoms with Crippen LogP contribution in [0.1, 0.15) is 12.5 Å². The van der Waals surface area contributed by atoms with Crippen molar-refractivity contribution in [3.8, 4) is 0 Å². The number of nitrogens with zero attached hydrogens (tertiary/aromatic N) is 1. The smallest absolute Gasteiger partial charge is 0.149 e. The van der Waals surface area contributed by atoms with Crippen molar-refractivity contribution in [3.63, 3.8) is 0 Å². The third kappa shape index (κ3) is 5.93. The van der Waals surface area contributed by atoms with Gasteiger partial charge in [-0.3, -0.25) is 0 Å². The number of benzene rings is 1. The molecule has 0 bridgehead atoms. The summed E-state index contributed by atoms with van der Waals surface area (Å²) in [5, 5.41) is 3.29. The first-order valence-electron chi connectivity index (χ1n) is 6.21. The molecule has 0 saturated heterocycles. The van der Waals surface area contributed by atoms with Gasteiger partial charge in [0.15, 0.2) is 0 Å². The molecule has 1 aromatic carbocycles. The van der Waals surface area contributed by atoms with Gasteiger partial charge in [-0.2, -0.15) is 0 Å². The van der Waals surface area contributed by atoms with E-state index >= 15 is 0 Å². The van der Waals surface area contributed by atoms with Gasteiger partial charge in [-0.15, -0.1) is 0 Å². The van der Waals surface area contributed by atoms with E-state index in [0.717, 1.165) is 28.8 Å². The van der Waals surface area contributed by atoms with Crippen molar-refractivity contribution in [1.82, 2.24) is 5.32 Å². The Balaban J connectivity index is 2.85. The molecule has 0 amide bonds. The molecule has 0 heterocycles. The van der Waals surface area contributed by atoms with Crippen LogP contribution in [0.25, 0.3) is 0 Å². The standard InChI is InChI=1S/C13H21BrN2O2S/c1-4-15-10-11-9-12(14)5-6-13(11)16(2)7-8-19(3,17)18/h5-6,9,15H,4,7-8,10H2,1-3H3. The number of hydrogen-bond acceptors (Lipinski definition) is 4. The minimum Gasteiger partial charge on any atom is -0.373 e. The number of nitrogens with one attached hydrogen (secondary N) is 1. The second kappa shape index (κ2) is 7.26. The molecule has 0 unspecified atom stereocenters. The predicted octanol–water partition coefficient (Wildman–Crippen LogP) is 2.04. The maximum Gasteiger partial charge on any atom is 0.149 e. The quantitative estimate of drug-likeness (QED) is 0.819. The molecule has 0 spiro atoms. The summed E-state index contributed by atoms with van der Waals surface area (Å²) in [6.07, 6.45) is 1.27. The molecule has 0 aliphatic heterocycles. The van der Waals surface area contributed by atoms with Crippen LogP contribution in [-0.2, 0) is 16.4 Å². The first-order valence-corrected chi connectivity index (χ1v) is 9.07. The van der Waals surface area contributed by atoms with Gasteiger partial charge in [0.05, 0.1) is 5.75 Å². The van der Waals surface area contributed by atoms with Crippen LogP contribution in [-0.4, -0.2) is 40.6 Å². The van der Waals surface area contributed by atoms with Crippen molar-refractivity contribution in [2.45, 2.75) is 13.5 Å². The fourth-order valence-corrected chi connectivity index (χ4v) is 2.76.